The van der Waals surface area contributed by atoms with E-state index in [9.17, 15) is 6.57 Å². The van der Waals surface area contributed by atoms with Gasteiger partial charge in [0.15, 0.2) is 0 Å². The van der Waals surface area contributed by atoms with Crippen molar-refractivity contribution in [2.75, 3.05) is 0 Å². The van der Waals surface area contributed by atoms with E-state index in [2.05, 4.69) is 135 Å². The SMILES string of the molecule is [C-]#[N+]c1c(-n2c3ccc(-c4cccc(-c5ccccc5)n4)cc3c3cc(-c4cccc(-c5ccccc5)n4)ccc32)ccc(-c2cc(F)cc(F)c2)c1-n1c2ccc(-c3cccc(-c4ccccc4)n3)cc2c2cc(-c3cccc(-c4ccccc4)n3)ccc21. The molecular formula is C81H49F2N7. The molecule has 0 spiro atoms. The van der Waals surface area contributed by atoms with Crippen LogP contribution in [0, 0.1) is 18.2 Å². The van der Waals surface area contributed by atoms with Crippen molar-refractivity contribution in [1.29, 1.82) is 0 Å². The molecular weight excluding hydrogens is 1110 g/mol. The number of pyridine rings is 4. The molecule has 9 heteroatoms. The van der Waals surface area contributed by atoms with Crippen LogP contribution in [0.4, 0.5) is 14.5 Å². The van der Waals surface area contributed by atoms with Crippen LogP contribution >= 0.6 is 0 Å². The summed E-state index contributed by atoms with van der Waals surface area (Å²) < 4.78 is 35.9. The topological polar surface area (TPSA) is 65.8 Å². The lowest BCUT2D eigenvalue weighted by atomic mass is 10.00. The zero-order valence-electron chi connectivity index (χ0n) is 48.2. The van der Waals surface area contributed by atoms with Gasteiger partial charge < -0.3 is 9.13 Å². The number of benzene rings is 10. The molecule has 16 rings (SSSR count). The predicted octanol–water partition coefficient (Wildman–Crippen LogP) is 21.3. The summed E-state index contributed by atoms with van der Waals surface area (Å²) in [7, 11) is 0. The normalized spacial score (nSPS) is 11.4. The molecule has 7 nitrogen and oxygen atoms in total. The van der Waals surface area contributed by atoms with Crippen molar-refractivity contribution in [3.05, 3.63) is 320 Å². The van der Waals surface area contributed by atoms with Gasteiger partial charge in [-0.25, -0.2) is 33.6 Å². The summed E-state index contributed by atoms with van der Waals surface area (Å²) in [5.41, 5.74) is 19.4. The molecule has 0 saturated carbocycles. The van der Waals surface area contributed by atoms with Gasteiger partial charge in [0.05, 0.1) is 85.6 Å². The molecule has 90 heavy (non-hydrogen) atoms. The van der Waals surface area contributed by atoms with Crippen LogP contribution in [0.15, 0.2) is 297 Å². The lowest BCUT2D eigenvalue weighted by Crippen LogP contribution is -2.03. The fourth-order valence-electron chi connectivity index (χ4n) is 12.7. The summed E-state index contributed by atoms with van der Waals surface area (Å²) in [5, 5.41) is 3.60. The monoisotopic (exact) mass is 1160 g/mol. The fraction of sp³-hybridized carbons (Fsp3) is 0. The first-order valence-corrected chi connectivity index (χ1v) is 29.7. The molecule has 6 heterocycles. The second kappa shape index (κ2) is 22.2. The second-order valence-corrected chi connectivity index (χ2v) is 22.3. The molecule has 0 atom stereocenters. The van der Waals surface area contributed by atoms with Crippen LogP contribution in [0.5, 0.6) is 0 Å². The van der Waals surface area contributed by atoms with Crippen molar-refractivity contribution in [2.45, 2.75) is 0 Å². The van der Waals surface area contributed by atoms with Crippen molar-refractivity contribution in [3.8, 4) is 113 Å². The Morgan fingerprint density at radius 2 is 0.567 bits per heavy atom. The van der Waals surface area contributed by atoms with Gasteiger partial charge in [-0.3, -0.25) is 0 Å². The van der Waals surface area contributed by atoms with Crippen LogP contribution in [0.25, 0.3) is 161 Å². The van der Waals surface area contributed by atoms with E-state index >= 15 is 8.78 Å². The maximum absolute atomic E-state index is 15.8. The number of rotatable bonds is 11. The van der Waals surface area contributed by atoms with E-state index in [1.807, 2.05) is 158 Å². The van der Waals surface area contributed by atoms with Gasteiger partial charge in [-0.1, -0.05) is 176 Å². The van der Waals surface area contributed by atoms with E-state index < -0.39 is 11.6 Å². The quantitative estimate of drug-likeness (QED) is 0.121. The van der Waals surface area contributed by atoms with Crippen molar-refractivity contribution < 1.29 is 8.78 Å². The average Bonchev–Trinajstić information content (AvgIpc) is 1.59. The average molecular weight is 1160 g/mol. The molecule has 0 fully saturated rings. The molecule has 16 aromatic rings. The summed E-state index contributed by atoms with van der Waals surface area (Å²) in [6.07, 6.45) is 0. The van der Waals surface area contributed by atoms with Crippen LogP contribution in [0.3, 0.4) is 0 Å². The minimum atomic E-state index is -0.738. The summed E-state index contributed by atoms with van der Waals surface area (Å²) in [4.78, 5) is 25.3. The van der Waals surface area contributed by atoms with Gasteiger partial charge in [-0.2, -0.15) is 0 Å². The molecule has 6 aromatic heterocycles. The largest absolute Gasteiger partial charge is 0.319 e. The third-order valence-electron chi connectivity index (χ3n) is 16.9. The Morgan fingerprint density at radius 3 is 0.878 bits per heavy atom. The Balaban J connectivity index is 0.954. The van der Waals surface area contributed by atoms with Crippen molar-refractivity contribution in [3.63, 3.8) is 0 Å². The molecule has 422 valence electrons. The van der Waals surface area contributed by atoms with Gasteiger partial charge >= 0.3 is 0 Å². The van der Waals surface area contributed by atoms with Crippen LogP contribution in [0.2, 0.25) is 0 Å². The number of fused-ring (bicyclic) bond motifs is 6. The van der Waals surface area contributed by atoms with Crippen molar-refractivity contribution >= 4 is 49.3 Å². The molecule has 0 unspecified atom stereocenters. The molecule has 10 aromatic carbocycles. The third-order valence-corrected chi connectivity index (χ3v) is 16.9. The van der Waals surface area contributed by atoms with Gasteiger partial charge in [0.25, 0.3) is 0 Å². The maximum atomic E-state index is 15.8. The first kappa shape index (κ1) is 53.2. The minimum Gasteiger partial charge on any atom is -0.319 e. The highest BCUT2D eigenvalue weighted by Crippen LogP contribution is 2.48. The molecule has 0 aliphatic carbocycles. The summed E-state index contributed by atoms with van der Waals surface area (Å²) in [5.74, 6) is -1.48. The van der Waals surface area contributed by atoms with Gasteiger partial charge in [0, 0.05) is 72.1 Å². The Hall–Kier alpha value is -12.3. The first-order chi connectivity index (χ1) is 44.4. The van der Waals surface area contributed by atoms with Crippen molar-refractivity contribution in [1.82, 2.24) is 29.1 Å². The number of hydrogen-bond donors (Lipinski definition) is 0. The molecule has 0 radical (unpaired) electrons. The Bertz CT molecular complexity index is 5220. The second-order valence-electron chi connectivity index (χ2n) is 22.3. The van der Waals surface area contributed by atoms with E-state index in [0.29, 0.717) is 16.9 Å². The zero-order valence-corrected chi connectivity index (χ0v) is 48.2. The smallest absolute Gasteiger partial charge is 0.234 e. The van der Waals surface area contributed by atoms with Crippen LogP contribution < -0.4 is 0 Å². The number of halogens is 2. The Labute approximate surface area is 517 Å². The van der Waals surface area contributed by atoms with E-state index in [-0.39, 0.29) is 11.3 Å². The summed E-state index contributed by atoms with van der Waals surface area (Å²) >= 11 is 0. The van der Waals surface area contributed by atoms with Crippen LogP contribution in [-0.4, -0.2) is 29.1 Å². The van der Waals surface area contributed by atoms with E-state index in [0.717, 1.165) is 140 Å². The van der Waals surface area contributed by atoms with Crippen LogP contribution in [0.1, 0.15) is 0 Å². The van der Waals surface area contributed by atoms with Gasteiger partial charge in [-0.05, 0) is 126 Å². The zero-order chi connectivity index (χ0) is 60.2. The van der Waals surface area contributed by atoms with E-state index in [4.69, 9.17) is 19.9 Å². The Morgan fingerprint density at radius 1 is 0.267 bits per heavy atom. The molecule has 0 amide bonds. The molecule has 0 bridgehead atoms. The molecule has 0 aliphatic heterocycles. The number of nitrogens with zero attached hydrogens (tertiary/aromatic N) is 7. The summed E-state index contributed by atoms with van der Waals surface area (Å²) in [6, 6.07) is 97.5. The van der Waals surface area contributed by atoms with Gasteiger partial charge in [0.1, 0.15) is 11.6 Å². The van der Waals surface area contributed by atoms with Gasteiger partial charge in [0.2, 0.25) is 5.69 Å². The fourth-order valence-corrected chi connectivity index (χ4v) is 12.7. The predicted molar refractivity (Wildman–Crippen MR) is 361 cm³/mol. The lowest BCUT2D eigenvalue weighted by Gasteiger charge is -2.20. The highest BCUT2D eigenvalue weighted by atomic mass is 19.1. The molecule has 0 saturated heterocycles. The summed E-state index contributed by atoms with van der Waals surface area (Å²) in [6.45, 7) is 9.47. The number of aromatic nitrogens is 6. The van der Waals surface area contributed by atoms with Crippen molar-refractivity contribution in [2.24, 2.45) is 0 Å². The third kappa shape index (κ3) is 9.53. The minimum absolute atomic E-state index is 0.264. The lowest BCUT2D eigenvalue weighted by molar-refractivity contribution is 0.584. The molecule has 0 aliphatic rings. The van der Waals surface area contributed by atoms with Crippen LogP contribution in [-0.2, 0) is 0 Å². The highest BCUT2D eigenvalue weighted by molar-refractivity contribution is 6.15. The van der Waals surface area contributed by atoms with E-state index in [1.165, 1.54) is 12.1 Å². The molecule has 0 N–H and O–H groups in total. The number of hydrogen-bond acceptors (Lipinski definition) is 4. The van der Waals surface area contributed by atoms with E-state index in [1.54, 1.807) is 0 Å². The Kier molecular flexibility index (Phi) is 13.2. The maximum Gasteiger partial charge on any atom is 0.234 e. The highest BCUT2D eigenvalue weighted by Gasteiger charge is 2.27. The first-order valence-electron chi connectivity index (χ1n) is 29.7. The van der Waals surface area contributed by atoms with Gasteiger partial charge in [-0.15, -0.1) is 0 Å². The standard InChI is InChI=1S/C81H49F2N7/c1-84-80-79(89-75-39-34-55(71-30-14-26-67(85-71)51-18-6-2-7-19-51)46-63(75)64-47-56(35-40-76(64)89)72-31-15-27-68(86-72)52-20-8-3-9-21-52)43-38-62(59-44-60(82)50-61(83)45-59)81(80)90-77-41-36-57(73-32-16-28-69(87-73)53-22-10-4-11-23-53)48-65(77)66-49-58(37-42-78(66)90)74-33-17-29-70(88-74)54-24-12-5-13-25-54/h2-50H.